The van der Waals surface area contributed by atoms with Gasteiger partial charge in [-0.3, -0.25) is 0 Å². The molecule has 0 unspecified atom stereocenters. The van der Waals surface area contributed by atoms with Gasteiger partial charge in [0.25, 0.3) is 0 Å². The second-order valence-corrected chi connectivity index (χ2v) is 6.86. The van der Waals surface area contributed by atoms with Gasteiger partial charge in [0.2, 0.25) is 0 Å². The first-order chi connectivity index (χ1) is 14.6. The van der Waals surface area contributed by atoms with Crippen molar-refractivity contribution in [3.63, 3.8) is 0 Å². The minimum absolute atomic E-state index is 0.361. The van der Waals surface area contributed by atoms with Crippen LogP contribution >= 0.6 is 11.6 Å². The molecule has 1 aromatic heterocycles. The first-order valence-electron chi connectivity index (χ1n) is 9.14. The molecule has 152 valence electrons. The molecule has 0 fully saturated rings. The Morgan fingerprint density at radius 1 is 0.833 bits per heavy atom. The Morgan fingerprint density at radius 3 is 2.23 bits per heavy atom. The summed E-state index contributed by atoms with van der Waals surface area (Å²) in [5.74, 6) is 1.96. The first kappa shape index (κ1) is 19.6. The number of methoxy groups -OCH3 is 2. The maximum Gasteiger partial charge on any atom is 0.159 e. The van der Waals surface area contributed by atoms with E-state index < -0.39 is 0 Å². The molecule has 30 heavy (non-hydrogen) atoms. The predicted octanol–water partition coefficient (Wildman–Crippen LogP) is 5.37. The molecule has 8 heteroatoms. The minimum Gasteiger partial charge on any atom is -0.495 e. The third-order valence-corrected chi connectivity index (χ3v) is 4.95. The van der Waals surface area contributed by atoms with Crippen LogP contribution in [0.3, 0.4) is 0 Å². The quantitative estimate of drug-likeness (QED) is 0.385. The van der Waals surface area contributed by atoms with E-state index in [1.54, 1.807) is 26.4 Å². The zero-order valence-corrected chi connectivity index (χ0v) is 17.2. The molecule has 4 aromatic rings. The van der Waals surface area contributed by atoms with Crippen LogP contribution in [0.4, 0.5) is 28.7 Å². The molecule has 0 saturated heterocycles. The van der Waals surface area contributed by atoms with Gasteiger partial charge in [-0.15, -0.1) is 0 Å². The van der Waals surface area contributed by atoms with Gasteiger partial charge >= 0.3 is 0 Å². The zero-order chi connectivity index (χ0) is 21.1. The Hall–Kier alpha value is -3.71. The molecule has 0 spiro atoms. The number of anilines is 5. The molecule has 0 saturated carbocycles. The highest BCUT2D eigenvalue weighted by Gasteiger charge is 2.14. The van der Waals surface area contributed by atoms with Gasteiger partial charge in [0, 0.05) is 17.1 Å². The van der Waals surface area contributed by atoms with Crippen LogP contribution in [0, 0.1) is 0 Å². The number of nitrogens with one attached hydrogen (secondary N) is 2. The van der Waals surface area contributed by atoms with Crippen LogP contribution in [0.15, 0.2) is 60.9 Å². The van der Waals surface area contributed by atoms with Crippen molar-refractivity contribution in [3.05, 3.63) is 65.9 Å². The molecule has 3 aromatic carbocycles. The molecular weight excluding hydrogens is 402 g/mol. The normalized spacial score (nSPS) is 10.6. The average Bonchev–Trinajstić information content (AvgIpc) is 2.77. The van der Waals surface area contributed by atoms with Gasteiger partial charge in [0.05, 0.1) is 24.9 Å². The zero-order valence-electron chi connectivity index (χ0n) is 16.4. The standard InChI is InChI=1S/C22H20ClN5O2/c1-29-18-11-19(30-2)17(10-15(18)23)28-22-20(24)21(25-12-26-22)27-16-9-5-7-13-6-3-4-8-14(13)16/h3-12H,24H2,1-2H3,(H2,25,26,27,28). The highest BCUT2D eigenvalue weighted by molar-refractivity contribution is 6.32. The molecular formula is C22H20ClN5O2. The van der Waals surface area contributed by atoms with E-state index in [1.807, 2.05) is 30.3 Å². The number of benzene rings is 3. The van der Waals surface area contributed by atoms with Crippen molar-refractivity contribution in [3.8, 4) is 11.5 Å². The molecule has 0 radical (unpaired) electrons. The van der Waals surface area contributed by atoms with Crippen molar-refractivity contribution in [1.29, 1.82) is 0 Å². The van der Waals surface area contributed by atoms with E-state index in [1.165, 1.54) is 6.33 Å². The van der Waals surface area contributed by atoms with Gasteiger partial charge in [0.1, 0.15) is 23.5 Å². The van der Waals surface area contributed by atoms with Crippen LogP contribution in [0.5, 0.6) is 11.5 Å². The van der Waals surface area contributed by atoms with Gasteiger partial charge in [0.15, 0.2) is 11.6 Å². The molecule has 7 nitrogen and oxygen atoms in total. The summed E-state index contributed by atoms with van der Waals surface area (Å²) < 4.78 is 10.7. The van der Waals surface area contributed by atoms with Crippen LogP contribution < -0.4 is 25.8 Å². The minimum atomic E-state index is 0.361. The lowest BCUT2D eigenvalue weighted by molar-refractivity contribution is 0.396. The summed E-state index contributed by atoms with van der Waals surface area (Å²) in [4.78, 5) is 8.57. The van der Waals surface area contributed by atoms with Crippen LogP contribution in [-0.4, -0.2) is 24.2 Å². The number of nitrogens with zero attached hydrogens (tertiary/aromatic N) is 2. The Balaban J connectivity index is 1.68. The van der Waals surface area contributed by atoms with Gasteiger partial charge in [-0.25, -0.2) is 9.97 Å². The summed E-state index contributed by atoms with van der Waals surface area (Å²) >= 11 is 6.26. The lowest BCUT2D eigenvalue weighted by Crippen LogP contribution is -2.06. The number of nitrogens with two attached hydrogens (primary N) is 1. The fourth-order valence-corrected chi connectivity index (χ4v) is 3.38. The Bertz CT molecular complexity index is 1210. The van der Waals surface area contributed by atoms with Crippen molar-refractivity contribution in [2.75, 3.05) is 30.6 Å². The average molecular weight is 422 g/mol. The number of hydrogen-bond acceptors (Lipinski definition) is 7. The largest absolute Gasteiger partial charge is 0.495 e. The van der Waals surface area contributed by atoms with E-state index in [0.29, 0.717) is 39.5 Å². The van der Waals surface area contributed by atoms with E-state index in [0.717, 1.165) is 16.5 Å². The number of hydrogen-bond donors (Lipinski definition) is 3. The SMILES string of the molecule is COc1cc(OC)c(Nc2ncnc(Nc3cccc4ccccc34)c2N)cc1Cl. The number of rotatable bonds is 6. The lowest BCUT2D eigenvalue weighted by Gasteiger charge is -2.16. The van der Waals surface area contributed by atoms with Crippen LogP contribution in [0.2, 0.25) is 5.02 Å². The van der Waals surface area contributed by atoms with Gasteiger partial charge in [-0.05, 0) is 17.5 Å². The van der Waals surface area contributed by atoms with Crippen molar-refractivity contribution in [2.24, 2.45) is 0 Å². The van der Waals surface area contributed by atoms with Crippen molar-refractivity contribution in [2.45, 2.75) is 0 Å². The number of fused-ring (bicyclic) bond motifs is 1. The highest BCUT2D eigenvalue weighted by Crippen LogP contribution is 2.38. The molecule has 4 rings (SSSR count). The third kappa shape index (κ3) is 3.75. The summed E-state index contributed by atoms with van der Waals surface area (Å²) in [5.41, 5.74) is 8.22. The summed E-state index contributed by atoms with van der Waals surface area (Å²) in [6, 6.07) is 17.5. The van der Waals surface area contributed by atoms with Gasteiger partial charge in [-0.2, -0.15) is 0 Å². The molecule has 0 aliphatic rings. The fraction of sp³-hybridized carbons (Fsp3) is 0.0909. The number of nitrogen functional groups attached to an aromatic ring is 1. The van der Waals surface area contributed by atoms with Crippen molar-refractivity contribution >= 4 is 51.1 Å². The van der Waals surface area contributed by atoms with E-state index >= 15 is 0 Å². The predicted molar refractivity (Wildman–Crippen MR) is 122 cm³/mol. The Kier molecular flexibility index (Phi) is 5.45. The number of ether oxygens (including phenoxy) is 2. The lowest BCUT2D eigenvalue weighted by atomic mass is 10.1. The third-order valence-electron chi connectivity index (χ3n) is 4.65. The number of halogens is 1. The van der Waals surface area contributed by atoms with E-state index in [4.69, 9.17) is 26.8 Å². The second-order valence-electron chi connectivity index (χ2n) is 6.45. The summed E-state index contributed by atoms with van der Waals surface area (Å²) in [6.07, 6.45) is 1.43. The summed E-state index contributed by atoms with van der Waals surface area (Å²) in [6.45, 7) is 0. The highest BCUT2D eigenvalue weighted by atomic mass is 35.5. The maximum absolute atomic E-state index is 6.36. The molecule has 0 bridgehead atoms. The fourth-order valence-electron chi connectivity index (χ4n) is 3.14. The summed E-state index contributed by atoms with van der Waals surface area (Å²) in [7, 11) is 3.10. The second kappa shape index (κ2) is 8.34. The molecule has 0 amide bonds. The van der Waals surface area contributed by atoms with Crippen LogP contribution in [0.1, 0.15) is 0 Å². The maximum atomic E-state index is 6.36. The first-order valence-corrected chi connectivity index (χ1v) is 9.52. The monoisotopic (exact) mass is 421 g/mol. The Morgan fingerprint density at radius 2 is 1.50 bits per heavy atom. The van der Waals surface area contributed by atoms with E-state index in [-0.39, 0.29) is 0 Å². The van der Waals surface area contributed by atoms with Crippen molar-refractivity contribution in [1.82, 2.24) is 9.97 Å². The van der Waals surface area contributed by atoms with Crippen LogP contribution in [-0.2, 0) is 0 Å². The smallest absolute Gasteiger partial charge is 0.159 e. The van der Waals surface area contributed by atoms with Gasteiger partial charge in [-0.1, -0.05) is 48.0 Å². The number of aromatic nitrogens is 2. The molecule has 0 aliphatic carbocycles. The summed E-state index contributed by atoms with van der Waals surface area (Å²) in [5, 5.41) is 9.09. The molecule has 4 N–H and O–H groups in total. The van der Waals surface area contributed by atoms with Crippen molar-refractivity contribution < 1.29 is 9.47 Å². The molecule has 0 aliphatic heterocycles. The van der Waals surface area contributed by atoms with Gasteiger partial charge < -0.3 is 25.8 Å². The van der Waals surface area contributed by atoms with Crippen LogP contribution in [0.25, 0.3) is 10.8 Å². The van der Waals surface area contributed by atoms with E-state index in [2.05, 4.69) is 32.7 Å². The Labute approximate surface area is 178 Å². The molecule has 1 heterocycles. The molecule has 0 atom stereocenters. The van der Waals surface area contributed by atoms with E-state index in [9.17, 15) is 0 Å². The topological polar surface area (TPSA) is 94.3 Å².